The predicted molar refractivity (Wildman–Crippen MR) is 79.4 cm³/mol. The number of nitrogens with zero attached hydrogens (tertiary/aromatic N) is 2. The minimum Gasteiger partial charge on any atom is -0.325 e. The van der Waals surface area contributed by atoms with Gasteiger partial charge >= 0.3 is 0 Å². The van der Waals surface area contributed by atoms with E-state index in [1.807, 2.05) is 0 Å². The Morgan fingerprint density at radius 1 is 1.36 bits per heavy atom. The van der Waals surface area contributed by atoms with Crippen LogP contribution in [-0.2, 0) is 14.4 Å². The molecule has 1 aromatic rings. The van der Waals surface area contributed by atoms with E-state index in [2.05, 4.69) is 15.6 Å². The fourth-order valence-corrected chi connectivity index (χ4v) is 2.24. The van der Waals surface area contributed by atoms with Gasteiger partial charge in [0.25, 0.3) is 11.6 Å². The first-order valence-electron chi connectivity index (χ1n) is 6.02. The number of aliphatic imine (C=N–C) groups is 1. The molecule has 9 nitrogen and oxygen atoms in total. The molecule has 2 N–H and O–H groups in total. The number of amidine groups is 1. The van der Waals surface area contributed by atoms with E-state index in [1.54, 1.807) is 0 Å². The first-order chi connectivity index (χ1) is 10.4. The van der Waals surface area contributed by atoms with Crippen LogP contribution in [0.4, 0.5) is 11.4 Å². The van der Waals surface area contributed by atoms with Gasteiger partial charge in [-0.05, 0) is 12.1 Å². The zero-order valence-electron chi connectivity index (χ0n) is 11.1. The Bertz CT molecular complexity index is 671. The van der Waals surface area contributed by atoms with Crippen LogP contribution >= 0.6 is 11.8 Å². The highest BCUT2D eigenvalue weighted by Gasteiger charge is 2.19. The van der Waals surface area contributed by atoms with Crippen LogP contribution < -0.4 is 10.6 Å². The average molecular weight is 322 g/mol. The van der Waals surface area contributed by atoms with Crippen LogP contribution in [0.2, 0.25) is 0 Å². The van der Waals surface area contributed by atoms with Gasteiger partial charge in [0.15, 0.2) is 5.17 Å². The highest BCUT2D eigenvalue weighted by atomic mass is 32.2. The van der Waals surface area contributed by atoms with Gasteiger partial charge in [0, 0.05) is 17.8 Å². The summed E-state index contributed by atoms with van der Waals surface area (Å²) in [6, 6.07) is 5.36. The highest BCUT2D eigenvalue weighted by Crippen LogP contribution is 2.16. The third-order valence-corrected chi connectivity index (χ3v) is 3.36. The average Bonchev–Trinajstić information content (AvgIpc) is 2.45. The molecule has 1 aliphatic rings. The lowest BCUT2D eigenvalue weighted by molar-refractivity contribution is -0.384. The molecule has 0 saturated carbocycles. The van der Waals surface area contributed by atoms with Crippen molar-refractivity contribution < 1.29 is 19.3 Å². The largest absolute Gasteiger partial charge is 0.325 e. The van der Waals surface area contributed by atoms with Crippen LogP contribution in [0.3, 0.4) is 0 Å². The fourth-order valence-electron chi connectivity index (χ4n) is 1.55. The van der Waals surface area contributed by atoms with Crippen molar-refractivity contribution in [2.75, 3.05) is 11.1 Å². The van der Waals surface area contributed by atoms with Crippen LogP contribution in [0.15, 0.2) is 29.3 Å². The maximum Gasteiger partial charge on any atom is 0.269 e. The summed E-state index contributed by atoms with van der Waals surface area (Å²) in [6.45, 7) is 0. The van der Waals surface area contributed by atoms with Gasteiger partial charge in [0.2, 0.25) is 11.8 Å². The van der Waals surface area contributed by atoms with Gasteiger partial charge in [-0.3, -0.25) is 24.5 Å². The molecule has 114 valence electrons. The Morgan fingerprint density at radius 3 is 2.64 bits per heavy atom. The molecular formula is C12H10N4O5S. The van der Waals surface area contributed by atoms with Gasteiger partial charge in [-0.15, -0.1) is 0 Å². The number of carbonyl (C=O) groups is 3. The summed E-state index contributed by atoms with van der Waals surface area (Å²) >= 11 is 0.917. The number of nitrogens with one attached hydrogen (secondary N) is 2. The van der Waals surface area contributed by atoms with Crippen LogP contribution in [-0.4, -0.2) is 33.6 Å². The molecule has 0 aliphatic carbocycles. The molecule has 3 amide bonds. The maximum absolute atomic E-state index is 11.7. The number of hydrogen-bond donors (Lipinski definition) is 2. The van der Waals surface area contributed by atoms with Crippen molar-refractivity contribution in [3.63, 3.8) is 0 Å². The van der Waals surface area contributed by atoms with Crippen LogP contribution in [0.25, 0.3) is 0 Å². The minimum absolute atomic E-state index is 0.0661. The molecule has 1 aromatic carbocycles. The smallest absolute Gasteiger partial charge is 0.269 e. The second-order valence-corrected chi connectivity index (χ2v) is 5.14. The van der Waals surface area contributed by atoms with Gasteiger partial charge in [0.1, 0.15) is 6.42 Å². The predicted octanol–water partition coefficient (Wildman–Crippen LogP) is 0.669. The van der Waals surface area contributed by atoms with Crippen molar-refractivity contribution in [2.45, 2.75) is 6.42 Å². The number of nitro groups is 1. The number of hydrogen-bond acceptors (Lipinski definition) is 6. The van der Waals surface area contributed by atoms with E-state index in [0.717, 1.165) is 11.8 Å². The van der Waals surface area contributed by atoms with E-state index >= 15 is 0 Å². The molecule has 0 radical (unpaired) electrons. The van der Waals surface area contributed by atoms with Crippen LogP contribution in [0.5, 0.6) is 0 Å². The number of non-ortho nitro benzene ring substituents is 1. The van der Waals surface area contributed by atoms with Crippen molar-refractivity contribution >= 4 is 46.0 Å². The molecule has 0 atom stereocenters. The topological polar surface area (TPSA) is 131 Å². The number of rotatable bonds is 4. The molecule has 0 fully saturated rings. The van der Waals surface area contributed by atoms with Crippen LogP contribution in [0.1, 0.15) is 6.42 Å². The summed E-state index contributed by atoms with van der Waals surface area (Å²) in [5, 5.41) is 15.5. The minimum atomic E-state index is -0.554. The Labute approximate surface area is 128 Å². The zero-order chi connectivity index (χ0) is 16.1. The van der Waals surface area contributed by atoms with E-state index < -0.39 is 22.6 Å². The lowest BCUT2D eigenvalue weighted by Crippen LogP contribution is -2.35. The zero-order valence-corrected chi connectivity index (χ0v) is 11.9. The van der Waals surface area contributed by atoms with Crippen molar-refractivity contribution in [3.05, 3.63) is 34.4 Å². The number of amides is 3. The normalized spacial score (nSPS) is 14.1. The summed E-state index contributed by atoms with van der Waals surface area (Å²) < 4.78 is 0. The quantitative estimate of drug-likeness (QED) is 0.476. The molecule has 2 rings (SSSR count). The van der Waals surface area contributed by atoms with E-state index in [9.17, 15) is 24.5 Å². The Morgan fingerprint density at radius 2 is 2.05 bits per heavy atom. The molecule has 0 unspecified atom stereocenters. The standard InChI is InChI=1S/C12H10N4O5S/c17-9-5-10(18)15-12(14-9)22-6-11(19)13-7-1-3-8(4-2-7)16(20)21/h1-4H,5-6H2,(H,13,19)(H,14,15,17,18). The Kier molecular flexibility index (Phi) is 4.84. The third kappa shape index (κ3) is 4.38. The summed E-state index contributed by atoms with van der Waals surface area (Å²) in [4.78, 5) is 47.5. The molecule has 0 aromatic heterocycles. The maximum atomic E-state index is 11.7. The second-order valence-electron chi connectivity index (χ2n) is 4.18. The molecule has 0 saturated heterocycles. The number of benzene rings is 1. The van der Waals surface area contributed by atoms with Gasteiger partial charge in [-0.2, -0.15) is 4.99 Å². The third-order valence-electron chi connectivity index (χ3n) is 2.49. The monoisotopic (exact) mass is 322 g/mol. The summed E-state index contributed by atoms with van der Waals surface area (Å²) in [5.74, 6) is -1.47. The first-order valence-corrected chi connectivity index (χ1v) is 7.01. The Balaban J connectivity index is 1.86. The van der Waals surface area contributed by atoms with E-state index in [4.69, 9.17) is 0 Å². The van der Waals surface area contributed by atoms with Gasteiger partial charge in [-0.1, -0.05) is 11.8 Å². The van der Waals surface area contributed by atoms with Crippen molar-refractivity contribution in [3.8, 4) is 0 Å². The highest BCUT2D eigenvalue weighted by molar-refractivity contribution is 8.14. The van der Waals surface area contributed by atoms with E-state index in [-0.39, 0.29) is 23.0 Å². The summed E-state index contributed by atoms with van der Waals surface area (Å²) in [5.41, 5.74) is 0.326. The fraction of sp³-hybridized carbons (Fsp3) is 0.167. The summed E-state index contributed by atoms with van der Waals surface area (Å²) in [7, 11) is 0. The van der Waals surface area contributed by atoms with E-state index in [0.29, 0.717) is 5.69 Å². The molecule has 10 heteroatoms. The van der Waals surface area contributed by atoms with Crippen LogP contribution in [0, 0.1) is 10.1 Å². The SMILES string of the molecule is O=C1CC(=O)NC(SCC(=O)Nc2ccc([N+](=O)[O-])cc2)=N1. The van der Waals surface area contributed by atoms with Gasteiger partial charge in [-0.25, -0.2) is 0 Å². The molecule has 0 bridgehead atoms. The number of nitro benzene ring substituents is 1. The summed E-state index contributed by atoms with van der Waals surface area (Å²) in [6.07, 6.45) is -0.293. The first kappa shape index (κ1) is 15.6. The molecule has 1 aliphatic heterocycles. The molecule has 0 spiro atoms. The number of carbonyl (C=O) groups excluding carboxylic acids is 3. The Hall–Kier alpha value is -2.75. The lowest BCUT2D eigenvalue weighted by atomic mass is 10.3. The van der Waals surface area contributed by atoms with Gasteiger partial charge < -0.3 is 10.6 Å². The second kappa shape index (κ2) is 6.80. The van der Waals surface area contributed by atoms with Gasteiger partial charge in [0.05, 0.1) is 10.7 Å². The lowest BCUT2D eigenvalue weighted by Gasteiger charge is -2.11. The molecule has 1 heterocycles. The van der Waals surface area contributed by atoms with Crippen molar-refractivity contribution in [1.82, 2.24) is 5.32 Å². The van der Waals surface area contributed by atoms with E-state index in [1.165, 1.54) is 24.3 Å². The molecule has 22 heavy (non-hydrogen) atoms. The number of thioether (sulfide) groups is 1. The van der Waals surface area contributed by atoms with Crippen molar-refractivity contribution in [2.24, 2.45) is 4.99 Å². The number of anilines is 1. The van der Waals surface area contributed by atoms with Crippen molar-refractivity contribution in [1.29, 1.82) is 0 Å². The molecular weight excluding hydrogens is 312 g/mol.